The van der Waals surface area contributed by atoms with Gasteiger partial charge in [-0.1, -0.05) is 26.8 Å². The minimum atomic E-state index is -3.48. The summed E-state index contributed by atoms with van der Waals surface area (Å²) in [6, 6.07) is 3.26. The minimum absolute atomic E-state index is 0.116. The van der Waals surface area contributed by atoms with Crippen LogP contribution in [0.1, 0.15) is 39.2 Å². The number of pyridine rings is 1. The summed E-state index contributed by atoms with van der Waals surface area (Å²) in [5.74, 6) is 0.903. The van der Waals surface area contributed by atoms with Crippen molar-refractivity contribution in [2.45, 2.75) is 44.5 Å². The number of piperidine rings is 1. The first-order valence-corrected chi connectivity index (χ1v) is 9.23. The number of rotatable bonds is 3. The zero-order valence-corrected chi connectivity index (χ0v) is 14.4. The maximum Gasteiger partial charge on any atom is 0.260 e. The Kier molecular flexibility index (Phi) is 4.96. The zero-order valence-electron chi connectivity index (χ0n) is 12.8. The van der Waals surface area contributed by atoms with Gasteiger partial charge in [0.1, 0.15) is 0 Å². The highest BCUT2D eigenvalue weighted by molar-refractivity contribution is 7.89. The van der Waals surface area contributed by atoms with Crippen LogP contribution in [0.25, 0.3) is 0 Å². The summed E-state index contributed by atoms with van der Waals surface area (Å²) < 4.78 is 26.7. The second-order valence-corrected chi connectivity index (χ2v) is 8.83. The standard InChI is InChI=1S/C15H23ClN2O2S/c1-15(2,3)13-6-8-18(9-7-13)21(19,20)14-5-4-12(10-16)11-17-14/h4-5,11,13H,6-10H2,1-3H3. The maximum absolute atomic E-state index is 12.6. The van der Waals surface area contributed by atoms with E-state index in [1.165, 1.54) is 6.20 Å². The van der Waals surface area contributed by atoms with Gasteiger partial charge in [-0.15, -0.1) is 11.6 Å². The largest absolute Gasteiger partial charge is 0.260 e. The molecule has 21 heavy (non-hydrogen) atoms. The summed E-state index contributed by atoms with van der Waals surface area (Å²) in [5, 5.41) is 0.116. The van der Waals surface area contributed by atoms with Gasteiger partial charge in [0.2, 0.25) is 0 Å². The molecule has 1 aliphatic heterocycles. The van der Waals surface area contributed by atoms with Crippen LogP contribution in [0.15, 0.2) is 23.4 Å². The molecule has 2 heterocycles. The number of nitrogens with zero attached hydrogens (tertiary/aromatic N) is 2. The Morgan fingerprint density at radius 1 is 1.29 bits per heavy atom. The van der Waals surface area contributed by atoms with Crippen molar-refractivity contribution in [1.29, 1.82) is 0 Å². The van der Waals surface area contributed by atoms with Gasteiger partial charge in [-0.2, -0.15) is 4.31 Å². The molecule has 0 radical (unpaired) electrons. The van der Waals surface area contributed by atoms with Crippen LogP contribution in [-0.4, -0.2) is 30.8 Å². The highest BCUT2D eigenvalue weighted by Gasteiger charge is 2.34. The Morgan fingerprint density at radius 3 is 2.33 bits per heavy atom. The molecule has 1 aromatic heterocycles. The third-order valence-electron chi connectivity index (χ3n) is 4.23. The molecule has 1 saturated heterocycles. The van der Waals surface area contributed by atoms with Gasteiger partial charge in [-0.05, 0) is 35.8 Å². The van der Waals surface area contributed by atoms with E-state index >= 15 is 0 Å². The Bertz CT molecular complexity index is 571. The molecule has 0 unspecified atom stereocenters. The minimum Gasteiger partial charge on any atom is -0.243 e. The summed E-state index contributed by atoms with van der Waals surface area (Å²) in [6.45, 7) is 7.79. The Morgan fingerprint density at radius 2 is 1.90 bits per heavy atom. The van der Waals surface area contributed by atoms with Crippen LogP contribution in [0.3, 0.4) is 0 Å². The van der Waals surface area contributed by atoms with Crippen molar-refractivity contribution in [2.24, 2.45) is 11.3 Å². The molecule has 0 aliphatic carbocycles. The SMILES string of the molecule is CC(C)(C)C1CCN(S(=O)(=O)c2ccc(CCl)cn2)CC1. The molecule has 1 aromatic rings. The van der Waals surface area contributed by atoms with Crippen molar-refractivity contribution in [1.82, 2.24) is 9.29 Å². The first-order chi connectivity index (χ1) is 9.75. The van der Waals surface area contributed by atoms with Gasteiger partial charge in [0.05, 0.1) is 0 Å². The van der Waals surface area contributed by atoms with Crippen molar-refractivity contribution in [3.8, 4) is 0 Å². The average molecular weight is 331 g/mol. The van der Waals surface area contributed by atoms with Gasteiger partial charge in [0.25, 0.3) is 10.0 Å². The molecule has 2 rings (SSSR count). The topological polar surface area (TPSA) is 50.3 Å². The van der Waals surface area contributed by atoms with E-state index in [1.54, 1.807) is 16.4 Å². The molecule has 0 spiro atoms. The van der Waals surface area contributed by atoms with Crippen molar-refractivity contribution >= 4 is 21.6 Å². The fourth-order valence-electron chi connectivity index (χ4n) is 2.74. The lowest BCUT2D eigenvalue weighted by atomic mass is 9.76. The molecule has 1 aliphatic rings. The van der Waals surface area contributed by atoms with E-state index in [-0.39, 0.29) is 10.4 Å². The molecule has 0 bridgehead atoms. The Balaban J connectivity index is 2.11. The Labute approximate surface area is 132 Å². The average Bonchev–Trinajstić information content (AvgIpc) is 2.46. The lowest BCUT2D eigenvalue weighted by molar-refractivity contribution is 0.154. The lowest BCUT2D eigenvalue weighted by Crippen LogP contribution is -2.41. The van der Waals surface area contributed by atoms with Gasteiger partial charge in [-0.3, -0.25) is 0 Å². The molecular weight excluding hydrogens is 308 g/mol. The van der Waals surface area contributed by atoms with E-state index in [0.29, 0.717) is 24.9 Å². The summed E-state index contributed by atoms with van der Waals surface area (Å²) in [5.41, 5.74) is 1.05. The smallest absolute Gasteiger partial charge is 0.243 e. The summed E-state index contributed by atoms with van der Waals surface area (Å²) in [4.78, 5) is 4.05. The monoisotopic (exact) mass is 330 g/mol. The van der Waals surface area contributed by atoms with Crippen LogP contribution < -0.4 is 0 Å². The number of hydrogen-bond acceptors (Lipinski definition) is 3. The predicted octanol–water partition coefficient (Wildman–Crippen LogP) is 3.27. The van der Waals surface area contributed by atoms with Crippen LogP contribution in [0.2, 0.25) is 0 Å². The molecule has 0 aromatic carbocycles. The second kappa shape index (κ2) is 6.23. The molecule has 6 heteroatoms. The number of sulfonamides is 1. The fraction of sp³-hybridized carbons (Fsp3) is 0.667. The van der Waals surface area contributed by atoms with Crippen LogP contribution in [-0.2, 0) is 15.9 Å². The van der Waals surface area contributed by atoms with E-state index < -0.39 is 10.0 Å². The molecule has 0 N–H and O–H groups in total. The molecule has 0 saturated carbocycles. The molecule has 0 atom stereocenters. The van der Waals surface area contributed by atoms with Crippen molar-refractivity contribution in [2.75, 3.05) is 13.1 Å². The van der Waals surface area contributed by atoms with Gasteiger partial charge < -0.3 is 0 Å². The first kappa shape index (κ1) is 16.7. The lowest BCUT2D eigenvalue weighted by Gasteiger charge is -2.38. The molecular formula is C15H23ClN2O2S. The summed E-state index contributed by atoms with van der Waals surface area (Å²) >= 11 is 5.70. The number of alkyl halides is 1. The van der Waals surface area contributed by atoms with E-state index in [1.807, 2.05) is 0 Å². The van der Waals surface area contributed by atoms with E-state index in [0.717, 1.165) is 18.4 Å². The van der Waals surface area contributed by atoms with Gasteiger partial charge in [-0.25, -0.2) is 13.4 Å². The second-order valence-electron chi connectivity index (χ2n) is 6.68. The summed E-state index contributed by atoms with van der Waals surface area (Å²) in [6.07, 6.45) is 3.34. The molecule has 118 valence electrons. The molecule has 4 nitrogen and oxygen atoms in total. The molecule has 0 amide bonds. The summed E-state index contributed by atoms with van der Waals surface area (Å²) in [7, 11) is -3.48. The normalized spacial score (nSPS) is 18.9. The van der Waals surface area contributed by atoms with Crippen LogP contribution in [0.5, 0.6) is 0 Å². The van der Waals surface area contributed by atoms with Crippen LogP contribution in [0, 0.1) is 11.3 Å². The van der Waals surface area contributed by atoms with Crippen LogP contribution in [0.4, 0.5) is 0 Å². The van der Waals surface area contributed by atoms with E-state index in [4.69, 9.17) is 11.6 Å². The van der Waals surface area contributed by atoms with Crippen molar-refractivity contribution in [3.05, 3.63) is 23.9 Å². The van der Waals surface area contributed by atoms with E-state index in [9.17, 15) is 8.42 Å². The zero-order chi connectivity index (χ0) is 15.7. The first-order valence-electron chi connectivity index (χ1n) is 7.26. The number of aromatic nitrogens is 1. The quantitative estimate of drug-likeness (QED) is 0.799. The Hall–Kier alpha value is -0.650. The number of hydrogen-bond donors (Lipinski definition) is 0. The highest BCUT2D eigenvalue weighted by atomic mass is 35.5. The van der Waals surface area contributed by atoms with Gasteiger partial charge >= 0.3 is 0 Å². The van der Waals surface area contributed by atoms with Gasteiger partial charge in [0, 0.05) is 25.2 Å². The van der Waals surface area contributed by atoms with E-state index in [2.05, 4.69) is 25.8 Å². The highest BCUT2D eigenvalue weighted by Crippen LogP contribution is 2.35. The molecule has 1 fully saturated rings. The number of halogens is 1. The van der Waals surface area contributed by atoms with Gasteiger partial charge in [0.15, 0.2) is 5.03 Å². The third-order valence-corrected chi connectivity index (χ3v) is 6.36. The fourth-order valence-corrected chi connectivity index (χ4v) is 4.28. The van der Waals surface area contributed by atoms with Crippen molar-refractivity contribution < 1.29 is 8.42 Å². The maximum atomic E-state index is 12.6. The van der Waals surface area contributed by atoms with Crippen molar-refractivity contribution in [3.63, 3.8) is 0 Å². The predicted molar refractivity (Wildman–Crippen MR) is 84.7 cm³/mol. The third kappa shape index (κ3) is 3.76. The van der Waals surface area contributed by atoms with Crippen LogP contribution >= 0.6 is 11.6 Å².